The lowest BCUT2D eigenvalue weighted by atomic mass is 10.0. The molecular formula is C7H11N5S. The lowest BCUT2D eigenvalue weighted by Crippen LogP contribution is -2.34. The molecule has 1 heterocycles. The zero-order chi connectivity index (χ0) is 9.73. The summed E-state index contributed by atoms with van der Waals surface area (Å²) in [5.74, 6) is 0.760. The lowest BCUT2D eigenvalue weighted by Gasteiger charge is -2.13. The van der Waals surface area contributed by atoms with E-state index in [0.717, 1.165) is 10.9 Å². The van der Waals surface area contributed by atoms with Crippen LogP contribution >= 0.6 is 11.8 Å². The summed E-state index contributed by atoms with van der Waals surface area (Å²) in [5.41, 5.74) is 4.89. The number of aromatic nitrogens is 3. The van der Waals surface area contributed by atoms with Crippen LogP contribution in [-0.2, 0) is 0 Å². The van der Waals surface area contributed by atoms with Gasteiger partial charge in [-0.1, -0.05) is 11.8 Å². The molecule has 1 aromatic heterocycles. The van der Waals surface area contributed by atoms with E-state index in [2.05, 4.69) is 15.2 Å². The van der Waals surface area contributed by atoms with Crippen molar-refractivity contribution in [2.45, 2.75) is 24.0 Å². The van der Waals surface area contributed by atoms with Crippen molar-refractivity contribution in [2.75, 3.05) is 5.75 Å². The second-order valence-electron chi connectivity index (χ2n) is 2.92. The van der Waals surface area contributed by atoms with E-state index in [1.54, 1.807) is 6.92 Å². The molecule has 1 atom stereocenters. The number of nitrogens with zero attached hydrogens (tertiary/aromatic N) is 3. The van der Waals surface area contributed by atoms with Gasteiger partial charge in [0.05, 0.1) is 6.07 Å². The molecule has 0 aliphatic carbocycles. The molecule has 0 bridgehead atoms. The number of rotatable bonds is 4. The van der Waals surface area contributed by atoms with Crippen molar-refractivity contribution >= 4 is 11.8 Å². The summed E-state index contributed by atoms with van der Waals surface area (Å²) in [6.45, 7) is 1.72. The van der Waals surface area contributed by atoms with E-state index in [4.69, 9.17) is 11.0 Å². The Morgan fingerprint density at radius 2 is 2.62 bits per heavy atom. The van der Waals surface area contributed by atoms with E-state index in [1.807, 2.05) is 6.07 Å². The number of hydrogen-bond acceptors (Lipinski definition) is 5. The summed E-state index contributed by atoms with van der Waals surface area (Å²) in [6.07, 6.45) is 2.09. The molecule has 0 fully saturated rings. The minimum Gasteiger partial charge on any atom is -0.314 e. The first-order chi connectivity index (χ1) is 6.14. The maximum Gasteiger partial charge on any atom is 0.183 e. The first-order valence-electron chi connectivity index (χ1n) is 3.82. The summed E-state index contributed by atoms with van der Waals surface area (Å²) >= 11 is 1.51. The van der Waals surface area contributed by atoms with Crippen LogP contribution in [0.15, 0.2) is 11.5 Å². The third-order valence-electron chi connectivity index (χ3n) is 1.51. The predicted molar refractivity (Wildman–Crippen MR) is 49.9 cm³/mol. The van der Waals surface area contributed by atoms with Crippen LogP contribution in [0.5, 0.6) is 0 Å². The Bertz CT molecular complexity index is 286. The van der Waals surface area contributed by atoms with Crippen molar-refractivity contribution in [2.24, 2.45) is 5.73 Å². The van der Waals surface area contributed by atoms with Crippen LogP contribution in [0.25, 0.3) is 0 Å². The van der Waals surface area contributed by atoms with Crippen LogP contribution in [-0.4, -0.2) is 26.5 Å². The highest BCUT2D eigenvalue weighted by molar-refractivity contribution is 7.99. The van der Waals surface area contributed by atoms with Gasteiger partial charge < -0.3 is 5.73 Å². The molecule has 13 heavy (non-hydrogen) atoms. The van der Waals surface area contributed by atoms with Gasteiger partial charge in [0.25, 0.3) is 0 Å². The number of hydrogen-bond donors (Lipinski definition) is 2. The minimum atomic E-state index is -0.743. The standard InChI is InChI=1S/C7H11N5S/c1-7(9,4-8)2-3-13-6-10-5-11-12-6/h5H,2-3,9H2,1H3,(H,10,11,12). The van der Waals surface area contributed by atoms with Gasteiger partial charge in [0, 0.05) is 5.75 Å². The monoisotopic (exact) mass is 197 g/mol. The zero-order valence-corrected chi connectivity index (χ0v) is 8.14. The number of nitrogens with one attached hydrogen (secondary N) is 1. The van der Waals surface area contributed by atoms with E-state index in [1.165, 1.54) is 18.1 Å². The van der Waals surface area contributed by atoms with Crippen LogP contribution in [0.1, 0.15) is 13.3 Å². The predicted octanol–water partition coefficient (Wildman–Crippen LogP) is 0.528. The Kier molecular flexibility index (Phi) is 3.28. The molecule has 0 saturated carbocycles. The highest BCUT2D eigenvalue weighted by atomic mass is 32.2. The van der Waals surface area contributed by atoms with E-state index < -0.39 is 5.54 Å². The highest BCUT2D eigenvalue weighted by Gasteiger charge is 2.16. The van der Waals surface area contributed by atoms with Crippen molar-refractivity contribution in [1.29, 1.82) is 5.26 Å². The topological polar surface area (TPSA) is 91.4 Å². The van der Waals surface area contributed by atoms with Gasteiger partial charge in [-0.05, 0) is 13.3 Å². The Balaban J connectivity index is 2.26. The fourth-order valence-corrected chi connectivity index (χ4v) is 1.64. The molecule has 0 aliphatic heterocycles. The minimum absolute atomic E-state index is 0.634. The fourth-order valence-electron chi connectivity index (χ4n) is 0.679. The number of nitriles is 1. The Labute approximate surface area is 80.7 Å². The van der Waals surface area contributed by atoms with Crippen LogP contribution in [0.2, 0.25) is 0 Å². The molecule has 1 aromatic rings. The Hall–Kier alpha value is -1.06. The van der Waals surface area contributed by atoms with Gasteiger partial charge in [0.15, 0.2) is 5.16 Å². The van der Waals surface area contributed by atoms with Gasteiger partial charge in [0.1, 0.15) is 11.9 Å². The molecule has 5 nitrogen and oxygen atoms in total. The largest absolute Gasteiger partial charge is 0.314 e. The van der Waals surface area contributed by atoms with Crippen molar-refractivity contribution in [3.8, 4) is 6.07 Å². The summed E-state index contributed by atoms with van der Waals surface area (Å²) in [4.78, 5) is 3.93. The zero-order valence-electron chi connectivity index (χ0n) is 7.32. The van der Waals surface area contributed by atoms with E-state index in [9.17, 15) is 0 Å². The van der Waals surface area contributed by atoms with E-state index in [-0.39, 0.29) is 0 Å². The molecule has 1 rings (SSSR count). The maximum absolute atomic E-state index is 8.63. The third-order valence-corrected chi connectivity index (χ3v) is 2.39. The van der Waals surface area contributed by atoms with Gasteiger partial charge in [-0.3, -0.25) is 5.10 Å². The molecule has 3 N–H and O–H groups in total. The molecule has 0 aromatic carbocycles. The number of nitrogens with two attached hydrogens (primary N) is 1. The highest BCUT2D eigenvalue weighted by Crippen LogP contribution is 2.15. The summed E-state index contributed by atoms with van der Waals surface area (Å²) in [5, 5.41) is 15.8. The fraction of sp³-hybridized carbons (Fsp3) is 0.571. The van der Waals surface area contributed by atoms with Gasteiger partial charge in [0.2, 0.25) is 0 Å². The normalized spacial score (nSPS) is 14.8. The molecule has 0 spiro atoms. The van der Waals surface area contributed by atoms with Gasteiger partial charge in [-0.15, -0.1) is 0 Å². The van der Waals surface area contributed by atoms with Crippen LogP contribution in [0, 0.1) is 11.3 Å². The van der Waals surface area contributed by atoms with E-state index in [0.29, 0.717) is 6.42 Å². The average molecular weight is 197 g/mol. The quantitative estimate of drug-likeness (QED) is 0.687. The van der Waals surface area contributed by atoms with Crippen LogP contribution in [0.3, 0.4) is 0 Å². The van der Waals surface area contributed by atoms with Crippen molar-refractivity contribution in [3.05, 3.63) is 6.33 Å². The summed E-state index contributed by atoms with van der Waals surface area (Å²) in [7, 11) is 0. The number of aromatic amines is 1. The molecule has 0 aliphatic rings. The summed E-state index contributed by atoms with van der Waals surface area (Å²) < 4.78 is 0. The smallest absolute Gasteiger partial charge is 0.183 e. The third kappa shape index (κ3) is 3.44. The van der Waals surface area contributed by atoms with Crippen LogP contribution in [0.4, 0.5) is 0 Å². The van der Waals surface area contributed by atoms with Gasteiger partial charge in [-0.2, -0.15) is 10.4 Å². The molecule has 1 unspecified atom stereocenters. The molecule has 70 valence electrons. The average Bonchev–Trinajstić information content (AvgIpc) is 2.57. The molecule has 0 amide bonds. The summed E-state index contributed by atoms with van der Waals surface area (Å²) in [6, 6.07) is 2.04. The molecule has 6 heteroatoms. The Morgan fingerprint density at radius 1 is 1.85 bits per heavy atom. The Morgan fingerprint density at radius 3 is 3.15 bits per heavy atom. The van der Waals surface area contributed by atoms with Crippen molar-refractivity contribution in [3.63, 3.8) is 0 Å². The number of thioether (sulfide) groups is 1. The first-order valence-corrected chi connectivity index (χ1v) is 4.81. The van der Waals surface area contributed by atoms with Crippen molar-refractivity contribution in [1.82, 2.24) is 15.2 Å². The van der Waals surface area contributed by atoms with E-state index >= 15 is 0 Å². The molecular weight excluding hydrogens is 186 g/mol. The number of H-pyrrole nitrogens is 1. The van der Waals surface area contributed by atoms with Crippen molar-refractivity contribution < 1.29 is 0 Å². The lowest BCUT2D eigenvalue weighted by molar-refractivity contribution is 0.583. The van der Waals surface area contributed by atoms with Gasteiger partial charge in [-0.25, -0.2) is 4.98 Å². The molecule has 0 saturated heterocycles. The van der Waals surface area contributed by atoms with Crippen LogP contribution < -0.4 is 5.73 Å². The second-order valence-corrected chi connectivity index (χ2v) is 4.00. The molecule has 0 radical (unpaired) electrons. The maximum atomic E-state index is 8.63. The first kappa shape index (κ1) is 10.0. The second kappa shape index (κ2) is 4.25. The SMILES string of the molecule is CC(N)(C#N)CCSc1ncn[nH]1. The van der Waals surface area contributed by atoms with Gasteiger partial charge >= 0.3 is 0 Å².